The van der Waals surface area contributed by atoms with Gasteiger partial charge in [-0.3, -0.25) is 0 Å². The average molecular weight is 246 g/mol. The van der Waals surface area contributed by atoms with Crippen LogP contribution in [0.5, 0.6) is 0 Å². The van der Waals surface area contributed by atoms with Gasteiger partial charge in [-0.15, -0.1) is 0 Å². The number of aromatic nitrogens is 2. The van der Waals surface area contributed by atoms with E-state index in [2.05, 4.69) is 37.7 Å². The number of rotatable bonds is 1. The molecule has 0 saturated heterocycles. The predicted molar refractivity (Wildman–Crippen MR) is 52.3 cm³/mol. The molecule has 0 bridgehead atoms. The van der Waals surface area contributed by atoms with E-state index in [9.17, 15) is 0 Å². The molecule has 62 valence electrons. The van der Waals surface area contributed by atoms with Gasteiger partial charge in [0.05, 0.1) is 5.56 Å². The molecule has 0 fully saturated rings. The Morgan fingerprint density at radius 1 is 1.58 bits per heavy atom. The molecule has 0 spiro atoms. The van der Waals surface area contributed by atoms with Gasteiger partial charge in [0.25, 0.3) is 0 Å². The van der Waals surface area contributed by atoms with E-state index in [4.69, 9.17) is 11.6 Å². The quantitative estimate of drug-likeness (QED) is 0.431. The van der Waals surface area contributed by atoms with Gasteiger partial charge >= 0.3 is 0 Å². The monoisotopic (exact) mass is 244 g/mol. The summed E-state index contributed by atoms with van der Waals surface area (Å²) in [6.07, 6.45) is 3.81. The summed E-state index contributed by atoms with van der Waals surface area (Å²) in [5.74, 6) is 5.81. The van der Waals surface area contributed by atoms with Crippen molar-refractivity contribution in [2.45, 2.75) is 6.42 Å². The summed E-state index contributed by atoms with van der Waals surface area (Å²) in [5, 5.41) is 1.28. The first kappa shape index (κ1) is 9.50. The summed E-state index contributed by atoms with van der Waals surface area (Å²) in [6, 6.07) is 0. The smallest absolute Gasteiger partial charge is 0.148 e. The van der Waals surface area contributed by atoms with Crippen molar-refractivity contribution < 1.29 is 0 Å². The van der Waals surface area contributed by atoms with E-state index in [-0.39, 0.29) is 0 Å². The first-order valence-corrected chi connectivity index (χ1v) is 4.85. The fourth-order valence-corrected chi connectivity index (χ4v) is 0.941. The van der Waals surface area contributed by atoms with Crippen LogP contribution in [0, 0.1) is 11.8 Å². The molecule has 2 nitrogen and oxygen atoms in total. The molecule has 0 amide bonds. The molecule has 0 unspecified atom stereocenters. The molecule has 1 rings (SSSR count). The number of alkyl halides is 1. The van der Waals surface area contributed by atoms with E-state index in [1.54, 1.807) is 6.20 Å². The van der Waals surface area contributed by atoms with E-state index in [1.165, 1.54) is 6.33 Å². The van der Waals surface area contributed by atoms with Gasteiger partial charge in [-0.05, 0) is 0 Å². The van der Waals surface area contributed by atoms with Crippen molar-refractivity contribution in [3.05, 3.63) is 23.2 Å². The number of hydrogen-bond acceptors (Lipinski definition) is 2. The zero-order chi connectivity index (χ0) is 8.81. The highest BCUT2D eigenvalue weighted by atomic mass is 79.9. The second kappa shape index (κ2) is 5.13. The lowest BCUT2D eigenvalue weighted by Crippen LogP contribution is -1.83. The molecule has 0 radical (unpaired) electrons. The van der Waals surface area contributed by atoms with Crippen LogP contribution in [0.1, 0.15) is 12.0 Å². The summed E-state index contributed by atoms with van der Waals surface area (Å²) < 4.78 is 0. The highest BCUT2D eigenvalue weighted by molar-refractivity contribution is 9.09. The van der Waals surface area contributed by atoms with E-state index < -0.39 is 0 Å². The Morgan fingerprint density at radius 2 is 2.42 bits per heavy atom. The third-order valence-corrected chi connectivity index (χ3v) is 1.80. The summed E-state index contributed by atoms with van der Waals surface area (Å²) >= 11 is 9.01. The van der Waals surface area contributed by atoms with E-state index in [0.29, 0.717) is 10.7 Å². The Balaban J connectivity index is 2.77. The maximum Gasteiger partial charge on any atom is 0.148 e. The van der Waals surface area contributed by atoms with Gasteiger partial charge < -0.3 is 0 Å². The van der Waals surface area contributed by atoms with E-state index >= 15 is 0 Å². The van der Waals surface area contributed by atoms with Crippen molar-refractivity contribution in [2.75, 3.05) is 5.33 Å². The van der Waals surface area contributed by atoms with Gasteiger partial charge in [-0.2, -0.15) is 0 Å². The highest BCUT2D eigenvalue weighted by Gasteiger charge is 1.94. The molecule has 1 aromatic heterocycles. The molecule has 1 aromatic rings. The van der Waals surface area contributed by atoms with Gasteiger partial charge in [0, 0.05) is 17.9 Å². The van der Waals surface area contributed by atoms with Gasteiger partial charge in [0.15, 0.2) is 0 Å². The van der Waals surface area contributed by atoms with Crippen LogP contribution >= 0.6 is 27.5 Å². The lowest BCUT2D eigenvalue weighted by molar-refractivity contribution is 1.16. The molecule has 4 heteroatoms. The molecular weight excluding hydrogens is 239 g/mol. The van der Waals surface area contributed by atoms with E-state index in [1.807, 2.05) is 0 Å². The zero-order valence-electron chi connectivity index (χ0n) is 6.22. The maximum absolute atomic E-state index is 5.74. The van der Waals surface area contributed by atoms with Crippen molar-refractivity contribution >= 4 is 27.5 Å². The zero-order valence-corrected chi connectivity index (χ0v) is 8.56. The van der Waals surface area contributed by atoms with Crippen molar-refractivity contribution in [3.8, 4) is 11.8 Å². The first-order valence-electron chi connectivity index (χ1n) is 3.35. The molecule has 0 aliphatic rings. The number of halogens is 2. The first-order chi connectivity index (χ1) is 5.84. The largest absolute Gasteiger partial charge is 0.243 e. The molecule has 0 N–H and O–H groups in total. The maximum atomic E-state index is 5.74. The van der Waals surface area contributed by atoms with Gasteiger partial charge in [0.1, 0.15) is 11.5 Å². The fraction of sp³-hybridized carbons (Fsp3) is 0.250. The normalized spacial score (nSPS) is 8.83. The van der Waals surface area contributed by atoms with Gasteiger partial charge in [-0.1, -0.05) is 39.4 Å². The molecule has 12 heavy (non-hydrogen) atoms. The van der Waals surface area contributed by atoms with Crippen LogP contribution in [0.4, 0.5) is 0 Å². The molecule has 0 aliphatic heterocycles. The molecular formula is C8H6BrClN2. The van der Waals surface area contributed by atoms with Crippen LogP contribution in [0.15, 0.2) is 12.5 Å². The highest BCUT2D eigenvalue weighted by Crippen LogP contribution is 2.07. The minimum absolute atomic E-state index is 0.409. The topological polar surface area (TPSA) is 25.8 Å². The minimum atomic E-state index is 0.409. The summed E-state index contributed by atoms with van der Waals surface area (Å²) in [4.78, 5) is 7.61. The third-order valence-electron chi connectivity index (χ3n) is 1.11. The van der Waals surface area contributed by atoms with Crippen LogP contribution in [0.25, 0.3) is 0 Å². The van der Waals surface area contributed by atoms with Crippen molar-refractivity contribution in [3.63, 3.8) is 0 Å². The van der Waals surface area contributed by atoms with E-state index in [0.717, 1.165) is 11.8 Å². The summed E-state index contributed by atoms with van der Waals surface area (Å²) in [6.45, 7) is 0. The lowest BCUT2D eigenvalue weighted by atomic mass is 10.3. The Kier molecular flexibility index (Phi) is 4.06. The molecule has 1 heterocycles. The second-order valence-corrected chi connectivity index (χ2v) is 3.12. The fourth-order valence-electron chi connectivity index (χ4n) is 0.604. The Labute approximate surface area is 84.5 Å². The molecule has 0 saturated carbocycles. The summed E-state index contributed by atoms with van der Waals surface area (Å²) in [7, 11) is 0. The Hall–Kier alpha value is -0.590. The second-order valence-electron chi connectivity index (χ2n) is 1.97. The molecule has 0 aromatic carbocycles. The molecule has 0 atom stereocenters. The minimum Gasteiger partial charge on any atom is -0.243 e. The van der Waals surface area contributed by atoms with Crippen molar-refractivity contribution in [1.82, 2.24) is 9.97 Å². The predicted octanol–water partition coefficient (Wildman–Crippen LogP) is 2.27. The number of nitrogens with zero attached hydrogens (tertiary/aromatic N) is 2. The average Bonchev–Trinajstić information content (AvgIpc) is 2.09. The molecule has 0 aliphatic carbocycles. The summed E-state index contributed by atoms with van der Waals surface area (Å²) in [5.41, 5.74) is 0.681. The van der Waals surface area contributed by atoms with Crippen LogP contribution in [0.2, 0.25) is 5.15 Å². The van der Waals surface area contributed by atoms with Crippen molar-refractivity contribution in [2.24, 2.45) is 0 Å². The van der Waals surface area contributed by atoms with Crippen molar-refractivity contribution in [1.29, 1.82) is 0 Å². The van der Waals surface area contributed by atoms with Crippen LogP contribution < -0.4 is 0 Å². The Morgan fingerprint density at radius 3 is 3.08 bits per heavy atom. The SMILES string of the molecule is Clc1ncncc1C#CCCBr. The van der Waals surface area contributed by atoms with Crippen LogP contribution in [-0.2, 0) is 0 Å². The lowest BCUT2D eigenvalue weighted by Gasteiger charge is -1.90. The van der Waals surface area contributed by atoms with Gasteiger partial charge in [0.2, 0.25) is 0 Å². The van der Waals surface area contributed by atoms with Crippen LogP contribution in [0.3, 0.4) is 0 Å². The van der Waals surface area contributed by atoms with Gasteiger partial charge in [-0.25, -0.2) is 9.97 Å². The standard InChI is InChI=1S/C8H6BrClN2/c9-4-2-1-3-7-5-11-6-12-8(7)10/h5-6H,2,4H2. The van der Waals surface area contributed by atoms with Crippen LogP contribution in [-0.4, -0.2) is 15.3 Å². The third kappa shape index (κ3) is 2.80. The number of hydrogen-bond donors (Lipinski definition) is 0. The Bertz CT molecular complexity index is 316.